The average molecular weight is 202 g/mol. The molecule has 1 aromatic carbocycles. The maximum atomic E-state index is 3.47. The molecule has 0 bridgehead atoms. The van der Waals surface area contributed by atoms with Crippen LogP contribution in [-0.2, 0) is 0 Å². The van der Waals surface area contributed by atoms with E-state index in [0.717, 1.165) is 0 Å². The van der Waals surface area contributed by atoms with Gasteiger partial charge >= 0.3 is 0 Å². The molecule has 1 atom stereocenters. The zero-order chi connectivity index (χ0) is 11.0. The summed E-state index contributed by atoms with van der Waals surface area (Å²) >= 11 is 0. The highest BCUT2D eigenvalue weighted by molar-refractivity contribution is 5.84. The molecule has 0 aliphatic heterocycles. The van der Waals surface area contributed by atoms with Crippen molar-refractivity contribution in [3.8, 4) is 0 Å². The topological polar surface area (TPSA) is 27.8 Å². The van der Waals surface area contributed by atoms with Gasteiger partial charge in [-0.25, -0.2) is 0 Å². The van der Waals surface area contributed by atoms with Crippen LogP contribution in [0.25, 0.3) is 10.9 Å². The number of hydrogen-bond donors (Lipinski definition) is 2. The Kier molecular flexibility index (Phi) is 2.53. The van der Waals surface area contributed by atoms with Crippen molar-refractivity contribution in [3.05, 3.63) is 35.0 Å². The van der Waals surface area contributed by atoms with Gasteiger partial charge in [-0.3, -0.25) is 0 Å². The van der Waals surface area contributed by atoms with E-state index >= 15 is 0 Å². The number of H-pyrrole nitrogens is 1. The van der Waals surface area contributed by atoms with Crippen LogP contribution in [0.5, 0.6) is 0 Å². The van der Waals surface area contributed by atoms with Crippen LogP contribution in [0.4, 0.5) is 0 Å². The molecule has 2 rings (SSSR count). The fourth-order valence-corrected chi connectivity index (χ4v) is 2.01. The van der Waals surface area contributed by atoms with Gasteiger partial charge in [0.1, 0.15) is 0 Å². The highest BCUT2D eigenvalue weighted by Crippen LogP contribution is 2.24. The predicted molar refractivity (Wildman–Crippen MR) is 65.2 cm³/mol. The quantitative estimate of drug-likeness (QED) is 0.769. The summed E-state index contributed by atoms with van der Waals surface area (Å²) in [5, 5.41) is 4.58. The SMILES string of the molecule is CNC(C)c1cc2c(C)cc(C)cc2[nH]1. The summed E-state index contributed by atoms with van der Waals surface area (Å²) in [4.78, 5) is 3.47. The van der Waals surface area contributed by atoms with Gasteiger partial charge in [0.2, 0.25) is 0 Å². The molecule has 2 N–H and O–H groups in total. The largest absolute Gasteiger partial charge is 0.357 e. The van der Waals surface area contributed by atoms with Crippen molar-refractivity contribution >= 4 is 10.9 Å². The normalized spacial score (nSPS) is 13.3. The van der Waals surface area contributed by atoms with Crippen LogP contribution in [0.1, 0.15) is 29.8 Å². The predicted octanol–water partition coefficient (Wildman–Crippen LogP) is 3.07. The Morgan fingerprint density at radius 3 is 2.60 bits per heavy atom. The number of aromatic amines is 1. The van der Waals surface area contributed by atoms with Crippen molar-refractivity contribution < 1.29 is 0 Å². The second-order valence-corrected chi connectivity index (χ2v) is 4.28. The average Bonchev–Trinajstić information content (AvgIpc) is 2.60. The Morgan fingerprint density at radius 2 is 1.93 bits per heavy atom. The standard InChI is InChI=1S/C13H18N2/c1-8-5-9(2)11-7-12(10(3)14-4)15-13(11)6-8/h5-7,10,14-15H,1-4H3. The lowest BCUT2D eigenvalue weighted by Gasteiger charge is -2.06. The van der Waals surface area contributed by atoms with E-state index in [0.29, 0.717) is 6.04 Å². The molecule has 0 radical (unpaired) electrons. The Hall–Kier alpha value is -1.28. The van der Waals surface area contributed by atoms with Crippen molar-refractivity contribution in [2.24, 2.45) is 0 Å². The molecule has 1 heterocycles. The molecule has 1 unspecified atom stereocenters. The van der Waals surface area contributed by atoms with Crippen LogP contribution >= 0.6 is 0 Å². The van der Waals surface area contributed by atoms with Gasteiger partial charge in [0.15, 0.2) is 0 Å². The summed E-state index contributed by atoms with van der Waals surface area (Å²) in [5.41, 5.74) is 5.15. The highest BCUT2D eigenvalue weighted by atomic mass is 14.9. The van der Waals surface area contributed by atoms with Crippen molar-refractivity contribution in [1.29, 1.82) is 0 Å². The molecule has 15 heavy (non-hydrogen) atoms. The molecular formula is C13H18N2. The molecule has 0 saturated carbocycles. The lowest BCUT2D eigenvalue weighted by Crippen LogP contribution is -2.12. The first-order valence-electron chi connectivity index (χ1n) is 5.39. The second kappa shape index (κ2) is 3.70. The van der Waals surface area contributed by atoms with Gasteiger partial charge in [-0.1, -0.05) is 6.07 Å². The number of aryl methyl sites for hydroxylation is 2. The molecule has 0 aliphatic carbocycles. The van der Waals surface area contributed by atoms with E-state index in [1.54, 1.807) is 0 Å². The monoisotopic (exact) mass is 202 g/mol. The lowest BCUT2D eigenvalue weighted by atomic mass is 10.1. The minimum atomic E-state index is 0.372. The van der Waals surface area contributed by atoms with Gasteiger partial charge in [0.05, 0.1) is 0 Å². The molecule has 80 valence electrons. The third-order valence-electron chi connectivity index (χ3n) is 3.01. The van der Waals surface area contributed by atoms with E-state index in [2.05, 4.69) is 49.3 Å². The number of benzene rings is 1. The number of aromatic nitrogens is 1. The van der Waals surface area contributed by atoms with Gasteiger partial charge in [-0.05, 0) is 51.1 Å². The smallest absolute Gasteiger partial charge is 0.0461 e. The number of fused-ring (bicyclic) bond motifs is 1. The van der Waals surface area contributed by atoms with E-state index in [9.17, 15) is 0 Å². The van der Waals surface area contributed by atoms with Crippen LogP contribution in [0.3, 0.4) is 0 Å². The van der Waals surface area contributed by atoms with Crippen LogP contribution in [0, 0.1) is 13.8 Å². The van der Waals surface area contributed by atoms with Crippen molar-refractivity contribution in [2.75, 3.05) is 7.05 Å². The highest BCUT2D eigenvalue weighted by Gasteiger charge is 2.08. The molecule has 2 aromatic rings. The second-order valence-electron chi connectivity index (χ2n) is 4.28. The zero-order valence-electron chi connectivity index (χ0n) is 9.81. The lowest BCUT2D eigenvalue weighted by molar-refractivity contribution is 0.638. The first-order valence-corrected chi connectivity index (χ1v) is 5.39. The number of rotatable bonds is 2. The van der Waals surface area contributed by atoms with E-state index in [1.165, 1.54) is 27.7 Å². The summed E-state index contributed by atoms with van der Waals surface area (Å²) in [5.74, 6) is 0. The Labute approximate surface area is 90.7 Å². The Balaban J connectivity index is 2.60. The fourth-order valence-electron chi connectivity index (χ4n) is 2.01. The van der Waals surface area contributed by atoms with E-state index in [-0.39, 0.29) is 0 Å². The molecule has 0 spiro atoms. The molecule has 0 fully saturated rings. The summed E-state index contributed by atoms with van der Waals surface area (Å²) < 4.78 is 0. The van der Waals surface area contributed by atoms with Crippen LogP contribution in [0.2, 0.25) is 0 Å². The van der Waals surface area contributed by atoms with Crippen molar-refractivity contribution in [2.45, 2.75) is 26.8 Å². The van der Waals surface area contributed by atoms with Gasteiger partial charge in [-0.2, -0.15) is 0 Å². The van der Waals surface area contributed by atoms with Crippen LogP contribution < -0.4 is 5.32 Å². The fraction of sp³-hybridized carbons (Fsp3) is 0.385. The minimum Gasteiger partial charge on any atom is -0.357 e. The van der Waals surface area contributed by atoms with E-state index in [4.69, 9.17) is 0 Å². The third kappa shape index (κ3) is 1.77. The van der Waals surface area contributed by atoms with Gasteiger partial charge in [0, 0.05) is 22.6 Å². The van der Waals surface area contributed by atoms with Gasteiger partial charge in [-0.15, -0.1) is 0 Å². The molecule has 0 aliphatic rings. The maximum absolute atomic E-state index is 3.47. The summed E-state index contributed by atoms with van der Waals surface area (Å²) in [6.45, 7) is 6.46. The minimum absolute atomic E-state index is 0.372. The Morgan fingerprint density at radius 1 is 1.20 bits per heavy atom. The Bertz CT molecular complexity index is 482. The first kappa shape index (κ1) is 10.2. The molecule has 0 amide bonds. The van der Waals surface area contributed by atoms with Gasteiger partial charge in [0.25, 0.3) is 0 Å². The maximum Gasteiger partial charge on any atom is 0.0461 e. The van der Waals surface area contributed by atoms with Crippen molar-refractivity contribution in [1.82, 2.24) is 10.3 Å². The van der Waals surface area contributed by atoms with E-state index < -0.39 is 0 Å². The van der Waals surface area contributed by atoms with Crippen LogP contribution in [0.15, 0.2) is 18.2 Å². The van der Waals surface area contributed by atoms with E-state index in [1.807, 2.05) is 7.05 Å². The molecule has 0 saturated heterocycles. The summed E-state index contributed by atoms with van der Waals surface area (Å²) in [6, 6.07) is 7.04. The molecule has 2 nitrogen and oxygen atoms in total. The summed E-state index contributed by atoms with van der Waals surface area (Å²) in [7, 11) is 1.98. The zero-order valence-corrected chi connectivity index (χ0v) is 9.81. The molecule has 1 aromatic heterocycles. The van der Waals surface area contributed by atoms with Gasteiger partial charge < -0.3 is 10.3 Å². The molecular weight excluding hydrogens is 184 g/mol. The van der Waals surface area contributed by atoms with Crippen molar-refractivity contribution in [3.63, 3.8) is 0 Å². The third-order valence-corrected chi connectivity index (χ3v) is 3.01. The summed E-state index contributed by atoms with van der Waals surface area (Å²) in [6.07, 6.45) is 0. The first-order chi connectivity index (χ1) is 7.11. The van der Waals surface area contributed by atoms with Crippen LogP contribution in [-0.4, -0.2) is 12.0 Å². The number of nitrogens with one attached hydrogen (secondary N) is 2. The molecule has 2 heteroatoms. The number of hydrogen-bond acceptors (Lipinski definition) is 1.